The largest absolute Gasteiger partial charge is 0.311 e. The molecule has 0 fully saturated rings. The molecule has 1 rings (SSSR count). The first-order valence-corrected chi connectivity index (χ1v) is 3.68. The van der Waals surface area contributed by atoms with Gasteiger partial charge in [-0.25, -0.2) is 0 Å². The zero-order chi connectivity index (χ0) is 9.84. The SMILES string of the molecule is CC(=O)Nc1cc(NC(C)=O)[nH]n1. The topological polar surface area (TPSA) is 86.9 Å². The molecule has 0 aliphatic heterocycles. The molecule has 13 heavy (non-hydrogen) atoms. The number of hydrogen-bond acceptors (Lipinski definition) is 3. The van der Waals surface area contributed by atoms with Gasteiger partial charge in [0.25, 0.3) is 0 Å². The fourth-order valence-electron chi connectivity index (χ4n) is 0.820. The fraction of sp³-hybridized carbons (Fsp3) is 0.286. The van der Waals surface area contributed by atoms with Crippen LogP contribution >= 0.6 is 0 Å². The van der Waals surface area contributed by atoms with Crippen molar-refractivity contribution in [2.75, 3.05) is 10.6 Å². The maximum atomic E-state index is 10.6. The zero-order valence-electron chi connectivity index (χ0n) is 7.34. The molecule has 0 aromatic carbocycles. The van der Waals surface area contributed by atoms with Gasteiger partial charge in [0.05, 0.1) is 0 Å². The molecule has 1 aromatic heterocycles. The van der Waals surface area contributed by atoms with E-state index < -0.39 is 0 Å². The molecule has 0 atom stereocenters. The Balaban J connectivity index is 2.63. The number of nitrogens with zero attached hydrogens (tertiary/aromatic N) is 1. The van der Waals surface area contributed by atoms with Gasteiger partial charge in [-0.2, -0.15) is 5.10 Å². The number of carbonyl (C=O) groups excluding carboxylic acids is 2. The summed E-state index contributed by atoms with van der Waals surface area (Å²) >= 11 is 0. The number of anilines is 2. The Morgan fingerprint density at radius 3 is 2.46 bits per heavy atom. The van der Waals surface area contributed by atoms with Crippen LogP contribution in [0, 0.1) is 0 Å². The lowest BCUT2D eigenvalue weighted by Crippen LogP contribution is -2.06. The number of hydrogen-bond donors (Lipinski definition) is 3. The van der Waals surface area contributed by atoms with E-state index in [2.05, 4.69) is 20.8 Å². The van der Waals surface area contributed by atoms with Crippen molar-refractivity contribution in [2.45, 2.75) is 13.8 Å². The van der Waals surface area contributed by atoms with Crippen LogP contribution in [0.2, 0.25) is 0 Å². The van der Waals surface area contributed by atoms with Crippen molar-refractivity contribution >= 4 is 23.5 Å². The Bertz CT molecular complexity index is 300. The van der Waals surface area contributed by atoms with Gasteiger partial charge in [-0.15, -0.1) is 0 Å². The summed E-state index contributed by atoms with van der Waals surface area (Å²) in [4.78, 5) is 21.2. The van der Waals surface area contributed by atoms with E-state index >= 15 is 0 Å². The number of rotatable bonds is 2. The van der Waals surface area contributed by atoms with Gasteiger partial charge in [-0.1, -0.05) is 0 Å². The molecule has 0 spiro atoms. The third-order valence-electron chi connectivity index (χ3n) is 1.19. The summed E-state index contributed by atoms with van der Waals surface area (Å²) in [6.07, 6.45) is 0. The molecule has 70 valence electrons. The Morgan fingerprint density at radius 2 is 1.92 bits per heavy atom. The first kappa shape index (κ1) is 9.24. The predicted molar refractivity (Wildman–Crippen MR) is 47.2 cm³/mol. The Morgan fingerprint density at radius 1 is 1.31 bits per heavy atom. The summed E-state index contributed by atoms with van der Waals surface area (Å²) in [7, 11) is 0. The van der Waals surface area contributed by atoms with Gasteiger partial charge >= 0.3 is 0 Å². The first-order valence-electron chi connectivity index (χ1n) is 3.68. The number of aromatic amines is 1. The molecule has 6 heteroatoms. The molecule has 0 bridgehead atoms. The standard InChI is InChI=1S/C7H10N4O2/c1-4(12)8-6-3-7(11-10-6)9-5(2)13/h3H,1-2H3,(H3,8,9,10,11,12,13). The summed E-state index contributed by atoms with van der Waals surface area (Å²) in [5, 5.41) is 11.2. The van der Waals surface area contributed by atoms with Crippen LogP contribution in [-0.4, -0.2) is 22.0 Å². The van der Waals surface area contributed by atoms with E-state index in [9.17, 15) is 9.59 Å². The van der Waals surface area contributed by atoms with E-state index in [4.69, 9.17) is 0 Å². The fourth-order valence-corrected chi connectivity index (χ4v) is 0.820. The maximum absolute atomic E-state index is 10.6. The smallest absolute Gasteiger partial charge is 0.222 e. The molecule has 0 aliphatic rings. The molecular formula is C7H10N4O2. The third-order valence-corrected chi connectivity index (χ3v) is 1.19. The molecule has 0 unspecified atom stereocenters. The van der Waals surface area contributed by atoms with Crippen molar-refractivity contribution in [1.82, 2.24) is 10.2 Å². The molecule has 3 N–H and O–H groups in total. The summed E-state index contributed by atoms with van der Waals surface area (Å²) in [6, 6.07) is 1.53. The predicted octanol–water partition coefficient (Wildman–Crippen LogP) is 0.326. The van der Waals surface area contributed by atoms with Gasteiger partial charge < -0.3 is 10.6 Å². The average molecular weight is 182 g/mol. The van der Waals surface area contributed by atoms with E-state index in [0.29, 0.717) is 11.6 Å². The lowest BCUT2D eigenvalue weighted by molar-refractivity contribution is -0.115. The normalized spacial score (nSPS) is 9.38. The van der Waals surface area contributed by atoms with Crippen molar-refractivity contribution < 1.29 is 9.59 Å². The van der Waals surface area contributed by atoms with Crippen LogP contribution in [0.15, 0.2) is 6.07 Å². The Kier molecular flexibility index (Phi) is 2.63. The minimum Gasteiger partial charge on any atom is -0.311 e. The minimum absolute atomic E-state index is 0.196. The summed E-state index contributed by atoms with van der Waals surface area (Å²) in [6.45, 7) is 2.77. The molecule has 1 aromatic rings. The van der Waals surface area contributed by atoms with Crippen LogP contribution < -0.4 is 10.6 Å². The number of carbonyl (C=O) groups is 2. The maximum Gasteiger partial charge on any atom is 0.222 e. The van der Waals surface area contributed by atoms with Crippen LogP contribution in [0.1, 0.15) is 13.8 Å². The highest BCUT2D eigenvalue weighted by Gasteiger charge is 2.02. The van der Waals surface area contributed by atoms with Crippen LogP contribution in [0.5, 0.6) is 0 Å². The van der Waals surface area contributed by atoms with E-state index in [-0.39, 0.29) is 11.8 Å². The van der Waals surface area contributed by atoms with Crippen molar-refractivity contribution in [3.8, 4) is 0 Å². The average Bonchev–Trinajstić information content (AvgIpc) is 2.33. The molecule has 1 heterocycles. The Hall–Kier alpha value is -1.85. The van der Waals surface area contributed by atoms with Gasteiger partial charge in [-0.3, -0.25) is 14.7 Å². The van der Waals surface area contributed by atoms with Gasteiger partial charge in [0.2, 0.25) is 11.8 Å². The number of aromatic nitrogens is 2. The lowest BCUT2D eigenvalue weighted by atomic mass is 10.5. The molecule has 0 radical (unpaired) electrons. The third kappa shape index (κ3) is 2.94. The van der Waals surface area contributed by atoms with E-state index in [1.54, 1.807) is 0 Å². The zero-order valence-corrected chi connectivity index (χ0v) is 7.34. The second kappa shape index (κ2) is 3.70. The second-order valence-corrected chi connectivity index (χ2v) is 2.53. The molecule has 2 amide bonds. The number of amides is 2. The second-order valence-electron chi connectivity index (χ2n) is 2.53. The van der Waals surface area contributed by atoms with Crippen LogP contribution in [-0.2, 0) is 9.59 Å². The van der Waals surface area contributed by atoms with Gasteiger partial charge in [0.15, 0.2) is 5.82 Å². The van der Waals surface area contributed by atoms with Crippen molar-refractivity contribution in [1.29, 1.82) is 0 Å². The first-order chi connectivity index (χ1) is 6.08. The summed E-state index contributed by atoms with van der Waals surface area (Å²) < 4.78 is 0. The highest BCUT2D eigenvalue weighted by molar-refractivity contribution is 5.90. The Labute approximate surface area is 74.7 Å². The number of H-pyrrole nitrogens is 1. The van der Waals surface area contributed by atoms with Crippen LogP contribution in [0.4, 0.5) is 11.6 Å². The highest BCUT2D eigenvalue weighted by atomic mass is 16.2. The molecular weight excluding hydrogens is 172 g/mol. The lowest BCUT2D eigenvalue weighted by Gasteiger charge is -1.93. The number of nitrogens with one attached hydrogen (secondary N) is 3. The van der Waals surface area contributed by atoms with Gasteiger partial charge in [-0.05, 0) is 0 Å². The molecule has 0 aliphatic carbocycles. The highest BCUT2D eigenvalue weighted by Crippen LogP contribution is 2.09. The van der Waals surface area contributed by atoms with Gasteiger partial charge in [0.1, 0.15) is 5.82 Å². The summed E-state index contributed by atoms with van der Waals surface area (Å²) in [5.74, 6) is 0.436. The summed E-state index contributed by atoms with van der Waals surface area (Å²) in [5.41, 5.74) is 0. The molecule has 0 saturated carbocycles. The van der Waals surface area contributed by atoms with E-state index in [0.717, 1.165) is 0 Å². The van der Waals surface area contributed by atoms with Gasteiger partial charge in [0, 0.05) is 19.9 Å². The van der Waals surface area contributed by atoms with Crippen LogP contribution in [0.25, 0.3) is 0 Å². The van der Waals surface area contributed by atoms with Crippen molar-refractivity contribution in [3.05, 3.63) is 6.07 Å². The minimum atomic E-state index is -0.208. The quantitative estimate of drug-likeness (QED) is 0.615. The van der Waals surface area contributed by atoms with Crippen molar-refractivity contribution in [3.63, 3.8) is 0 Å². The van der Waals surface area contributed by atoms with E-state index in [1.807, 2.05) is 0 Å². The molecule has 0 saturated heterocycles. The van der Waals surface area contributed by atoms with Crippen molar-refractivity contribution in [2.24, 2.45) is 0 Å². The van der Waals surface area contributed by atoms with E-state index in [1.165, 1.54) is 19.9 Å². The van der Waals surface area contributed by atoms with Crippen LogP contribution in [0.3, 0.4) is 0 Å². The molecule has 6 nitrogen and oxygen atoms in total. The monoisotopic (exact) mass is 182 g/mol.